The predicted octanol–water partition coefficient (Wildman–Crippen LogP) is 5.21. The summed E-state index contributed by atoms with van der Waals surface area (Å²) < 4.78 is 8.78. The number of fused-ring (bicyclic) bond motifs is 3. The molecule has 0 spiro atoms. The third-order valence-corrected chi connectivity index (χ3v) is 6.73. The average Bonchev–Trinajstić information content (AvgIpc) is 3.12. The molecule has 0 aliphatic carbocycles. The van der Waals surface area contributed by atoms with Gasteiger partial charge >= 0.3 is 6.92 Å². The Morgan fingerprint density at radius 3 is 2.43 bits per heavy atom. The molecule has 0 radical (unpaired) electrons. The van der Waals surface area contributed by atoms with Crippen LogP contribution in [0.2, 0.25) is 6.32 Å². The molecule has 4 aromatic rings. The molecule has 3 nitrogen and oxygen atoms in total. The van der Waals surface area contributed by atoms with Crippen LogP contribution in [0.3, 0.4) is 0 Å². The molecule has 2 aromatic heterocycles. The second-order valence-corrected chi connectivity index (χ2v) is 9.05. The minimum atomic E-state index is -0.129. The molecule has 1 saturated heterocycles. The van der Waals surface area contributed by atoms with Crippen molar-refractivity contribution in [3.63, 3.8) is 0 Å². The van der Waals surface area contributed by atoms with Crippen LogP contribution in [0.1, 0.15) is 27.7 Å². The zero-order valence-electron chi connectivity index (χ0n) is 16.9. The second-order valence-electron chi connectivity index (χ2n) is 9.05. The molecule has 0 unspecified atom stereocenters. The van der Waals surface area contributed by atoms with Gasteiger partial charge in [0.05, 0.1) is 28.5 Å². The normalized spacial score (nSPS) is 18.2. The Morgan fingerprint density at radius 2 is 1.71 bits per heavy atom. The van der Waals surface area contributed by atoms with Crippen LogP contribution >= 0.6 is 0 Å². The maximum Gasteiger partial charge on any atom is 0.327 e. The number of rotatable bonds is 2. The lowest BCUT2D eigenvalue weighted by Gasteiger charge is -2.34. The first-order valence-electron chi connectivity index (χ1n) is 9.99. The molecular formula is C24H25BN2O. The molecule has 0 bridgehead atoms. The van der Waals surface area contributed by atoms with Crippen molar-refractivity contribution in [3.8, 4) is 5.69 Å². The zero-order chi connectivity index (χ0) is 19.5. The minimum Gasteiger partial charge on any atom is -0.426 e. The van der Waals surface area contributed by atoms with Crippen LogP contribution in [-0.2, 0) is 4.65 Å². The first kappa shape index (κ1) is 17.5. The number of nitrogens with zero attached hydrogens (tertiary/aromatic N) is 2. The van der Waals surface area contributed by atoms with Crippen molar-refractivity contribution in [1.29, 1.82) is 0 Å². The van der Waals surface area contributed by atoms with E-state index in [1.54, 1.807) is 0 Å². The molecule has 1 fully saturated rings. The van der Waals surface area contributed by atoms with Crippen LogP contribution in [0.5, 0.6) is 0 Å². The lowest BCUT2D eigenvalue weighted by atomic mass is 9.54. The van der Waals surface area contributed by atoms with Gasteiger partial charge in [0.15, 0.2) is 0 Å². The van der Waals surface area contributed by atoms with E-state index in [2.05, 4.69) is 85.8 Å². The molecule has 2 aromatic carbocycles. The molecule has 4 heteroatoms. The van der Waals surface area contributed by atoms with E-state index in [1.807, 2.05) is 18.5 Å². The highest BCUT2D eigenvalue weighted by Gasteiger charge is 2.49. The molecule has 0 atom stereocenters. The number of benzene rings is 2. The molecule has 140 valence electrons. The fourth-order valence-electron chi connectivity index (χ4n) is 4.41. The lowest BCUT2D eigenvalue weighted by Crippen LogP contribution is -2.36. The van der Waals surface area contributed by atoms with Crippen LogP contribution in [-0.4, -0.2) is 22.1 Å². The largest absolute Gasteiger partial charge is 0.426 e. The van der Waals surface area contributed by atoms with Gasteiger partial charge in [-0.15, -0.1) is 0 Å². The third-order valence-electron chi connectivity index (χ3n) is 6.73. The summed E-state index contributed by atoms with van der Waals surface area (Å²) in [4.78, 5) is 4.33. The third kappa shape index (κ3) is 2.51. The Kier molecular flexibility index (Phi) is 3.72. The molecular weight excluding hydrogens is 343 g/mol. The van der Waals surface area contributed by atoms with Crippen molar-refractivity contribution in [2.45, 2.75) is 39.6 Å². The summed E-state index contributed by atoms with van der Waals surface area (Å²) in [6.07, 6.45) is 4.77. The van der Waals surface area contributed by atoms with E-state index in [1.165, 1.54) is 27.3 Å². The van der Waals surface area contributed by atoms with Crippen molar-refractivity contribution in [2.75, 3.05) is 0 Å². The molecule has 0 saturated carbocycles. The topological polar surface area (TPSA) is 27.1 Å². The average molecular weight is 368 g/mol. The van der Waals surface area contributed by atoms with Gasteiger partial charge in [-0.3, -0.25) is 4.98 Å². The highest BCUT2D eigenvalue weighted by molar-refractivity contribution is 6.68. The number of para-hydroxylation sites is 1. The van der Waals surface area contributed by atoms with Crippen LogP contribution in [0, 0.1) is 5.41 Å². The standard InChI is InChI=1S/C24H25BN2O/c1-23(2)16-25(28-24(23,3)4)17-11-12-22-20(14-17)19-9-5-6-10-21(19)27(22)18-8-7-13-26-15-18/h5-15H,16H2,1-4H3. The van der Waals surface area contributed by atoms with E-state index in [9.17, 15) is 0 Å². The fourth-order valence-corrected chi connectivity index (χ4v) is 4.41. The zero-order valence-corrected chi connectivity index (χ0v) is 16.9. The van der Waals surface area contributed by atoms with Gasteiger partial charge < -0.3 is 9.22 Å². The summed E-state index contributed by atoms with van der Waals surface area (Å²) in [5.41, 5.74) is 4.78. The minimum absolute atomic E-state index is 0.129. The second kappa shape index (κ2) is 5.95. The van der Waals surface area contributed by atoms with Gasteiger partial charge in [0, 0.05) is 17.0 Å². The Morgan fingerprint density at radius 1 is 0.929 bits per heavy atom. The van der Waals surface area contributed by atoms with Gasteiger partial charge in [-0.1, -0.05) is 44.2 Å². The Labute approximate surface area is 166 Å². The van der Waals surface area contributed by atoms with Gasteiger partial charge in [-0.05, 0) is 55.3 Å². The SMILES string of the molecule is CC1(C)CB(c2ccc3c(c2)c2ccccc2n3-c2cccnc2)OC1(C)C. The van der Waals surface area contributed by atoms with Crippen LogP contribution < -0.4 is 5.46 Å². The van der Waals surface area contributed by atoms with Crippen molar-refractivity contribution in [1.82, 2.24) is 9.55 Å². The molecule has 1 aliphatic rings. The van der Waals surface area contributed by atoms with Gasteiger partial charge in [0.1, 0.15) is 0 Å². The van der Waals surface area contributed by atoms with E-state index in [4.69, 9.17) is 4.65 Å². The van der Waals surface area contributed by atoms with Crippen molar-refractivity contribution < 1.29 is 4.65 Å². The molecule has 5 rings (SSSR count). The van der Waals surface area contributed by atoms with Crippen molar-refractivity contribution in [3.05, 3.63) is 67.0 Å². The molecule has 0 N–H and O–H groups in total. The predicted molar refractivity (Wildman–Crippen MR) is 118 cm³/mol. The number of hydrogen-bond donors (Lipinski definition) is 0. The maximum atomic E-state index is 6.49. The van der Waals surface area contributed by atoms with Gasteiger partial charge in [-0.2, -0.15) is 0 Å². The number of pyridine rings is 1. The summed E-state index contributed by atoms with van der Waals surface area (Å²) in [6.45, 7) is 9.16. The first-order valence-corrected chi connectivity index (χ1v) is 9.99. The molecule has 0 amide bonds. The van der Waals surface area contributed by atoms with Crippen LogP contribution in [0.15, 0.2) is 67.0 Å². The number of aromatic nitrogens is 2. The van der Waals surface area contributed by atoms with E-state index in [0.717, 1.165) is 12.0 Å². The summed E-state index contributed by atoms with van der Waals surface area (Å²) in [5.74, 6) is 0. The molecule has 1 aliphatic heterocycles. The van der Waals surface area contributed by atoms with Crippen molar-refractivity contribution in [2.24, 2.45) is 5.41 Å². The van der Waals surface area contributed by atoms with Crippen LogP contribution in [0.4, 0.5) is 0 Å². The lowest BCUT2D eigenvalue weighted by molar-refractivity contribution is 0.0375. The number of hydrogen-bond acceptors (Lipinski definition) is 2. The summed E-state index contributed by atoms with van der Waals surface area (Å²) in [5, 5.41) is 2.53. The monoisotopic (exact) mass is 368 g/mol. The maximum absolute atomic E-state index is 6.49. The van der Waals surface area contributed by atoms with E-state index < -0.39 is 0 Å². The Hall–Kier alpha value is -2.59. The Bertz CT molecular complexity index is 1160. The fraction of sp³-hybridized carbons (Fsp3) is 0.292. The highest BCUT2D eigenvalue weighted by atomic mass is 16.5. The van der Waals surface area contributed by atoms with Gasteiger partial charge in [0.2, 0.25) is 0 Å². The van der Waals surface area contributed by atoms with E-state index in [0.29, 0.717) is 0 Å². The summed E-state index contributed by atoms with van der Waals surface area (Å²) >= 11 is 0. The Balaban J connectivity index is 1.71. The molecule has 3 heterocycles. The summed E-state index contributed by atoms with van der Waals surface area (Å²) in [6, 6.07) is 19.5. The van der Waals surface area contributed by atoms with Gasteiger partial charge in [-0.25, -0.2) is 0 Å². The van der Waals surface area contributed by atoms with Crippen LogP contribution in [0.25, 0.3) is 27.5 Å². The summed E-state index contributed by atoms with van der Waals surface area (Å²) in [7, 11) is 0. The smallest absolute Gasteiger partial charge is 0.327 e. The van der Waals surface area contributed by atoms with Gasteiger partial charge in [0.25, 0.3) is 0 Å². The van der Waals surface area contributed by atoms with E-state index in [-0.39, 0.29) is 17.9 Å². The van der Waals surface area contributed by atoms with Crippen molar-refractivity contribution >= 4 is 34.2 Å². The molecule has 28 heavy (non-hydrogen) atoms. The quantitative estimate of drug-likeness (QED) is 0.454. The van der Waals surface area contributed by atoms with E-state index >= 15 is 0 Å². The highest BCUT2D eigenvalue weighted by Crippen LogP contribution is 2.45. The first-order chi connectivity index (χ1) is 13.4.